The molecule has 8 heteroatoms. The van der Waals surface area contributed by atoms with Crippen LogP contribution in [0.15, 0.2) is 47.6 Å². The molecule has 0 bridgehead atoms. The molecule has 2 rings (SSSR count). The lowest BCUT2D eigenvalue weighted by Crippen LogP contribution is -2.52. The van der Waals surface area contributed by atoms with Crippen LogP contribution in [0.5, 0.6) is 0 Å². The molecule has 0 heterocycles. The summed E-state index contributed by atoms with van der Waals surface area (Å²) < 4.78 is 17.0. The van der Waals surface area contributed by atoms with Crippen molar-refractivity contribution >= 4 is 26.0 Å². The van der Waals surface area contributed by atoms with E-state index >= 15 is 0 Å². The zero-order valence-electron chi connectivity index (χ0n) is 22.4. The number of hydrogen-bond acceptors (Lipinski definition) is 6. The van der Waals surface area contributed by atoms with Crippen molar-refractivity contribution in [2.45, 2.75) is 76.8 Å². The molecule has 35 heavy (non-hydrogen) atoms. The summed E-state index contributed by atoms with van der Waals surface area (Å²) >= 11 is 0. The minimum absolute atomic E-state index is 0.0955. The molecule has 0 aromatic heterocycles. The van der Waals surface area contributed by atoms with Gasteiger partial charge >= 0.3 is 6.09 Å². The summed E-state index contributed by atoms with van der Waals surface area (Å²) in [5.74, 6) is -0.217. The molecular formula is C27H41NO6Si. The Kier molecular flexibility index (Phi) is 10.4. The minimum atomic E-state index is -2.45. The average Bonchev–Trinajstić information content (AvgIpc) is 2.81. The lowest BCUT2D eigenvalue weighted by atomic mass is 10.0. The van der Waals surface area contributed by atoms with Gasteiger partial charge in [0.1, 0.15) is 12.2 Å². The van der Waals surface area contributed by atoms with Gasteiger partial charge in [-0.15, -0.1) is 0 Å². The van der Waals surface area contributed by atoms with Crippen molar-refractivity contribution in [1.82, 2.24) is 4.90 Å². The van der Waals surface area contributed by atoms with Gasteiger partial charge in [-0.25, -0.2) is 4.79 Å². The van der Waals surface area contributed by atoms with E-state index in [1.54, 1.807) is 29.2 Å². The van der Waals surface area contributed by atoms with Crippen LogP contribution < -0.4 is 0 Å². The van der Waals surface area contributed by atoms with E-state index in [2.05, 4.69) is 41.5 Å². The van der Waals surface area contributed by atoms with Gasteiger partial charge in [0.05, 0.1) is 0 Å². The first kappa shape index (κ1) is 28.9. The summed E-state index contributed by atoms with van der Waals surface area (Å²) in [5, 5.41) is 0. The standard InChI is InChI=1S/C27H41NO6Si/c1-18(2)35(19(3)4,20(5)6)34-27(31)28(17-22-10-12-24(30)26(16-22)33-8)14-13-21-9-11-23(29)25(15-21)32-7/h9-12,15-16,18-20,25-26H,13-14,17H2,1-8H3. The highest BCUT2D eigenvalue weighted by molar-refractivity contribution is 6.78. The van der Waals surface area contributed by atoms with Gasteiger partial charge in [0.25, 0.3) is 8.32 Å². The maximum Gasteiger partial charge on any atom is 0.396 e. The van der Waals surface area contributed by atoms with Crippen LogP contribution in [-0.4, -0.2) is 70.4 Å². The van der Waals surface area contributed by atoms with E-state index in [1.807, 2.05) is 0 Å². The van der Waals surface area contributed by atoms with E-state index in [1.165, 1.54) is 26.4 Å². The number of ether oxygens (including phenoxy) is 2. The van der Waals surface area contributed by atoms with E-state index in [0.29, 0.717) is 19.5 Å². The molecule has 2 atom stereocenters. The minimum Gasteiger partial charge on any atom is -0.503 e. The second-order valence-corrected chi connectivity index (χ2v) is 15.5. The van der Waals surface area contributed by atoms with Crippen molar-refractivity contribution in [1.29, 1.82) is 0 Å². The van der Waals surface area contributed by atoms with Crippen molar-refractivity contribution in [3.63, 3.8) is 0 Å². The number of ketones is 2. The normalized spacial score (nSPS) is 20.5. The van der Waals surface area contributed by atoms with Crippen LogP contribution in [0.3, 0.4) is 0 Å². The molecular weight excluding hydrogens is 462 g/mol. The Morgan fingerprint density at radius 3 is 1.74 bits per heavy atom. The van der Waals surface area contributed by atoms with E-state index < -0.39 is 20.5 Å². The summed E-state index contributed by atoms with van der Waals surface area (Å²) in [6.07, 6.45) is 9.00. The van der Waals surface area contributed by atoms with Crippen LogP contribution >= 0.6 is 0 Å². The third kappa shape index (κ3) is 6.89. The predicted octanol–water partition coefficient (Wildman–Crippen LogP) is 5.15. The summed E-state index contributed by atoms with van der Waals surface area (Å²) in [6.45, 7) is 13.6. The lowest BCUT2D eigenvalue weighted by molar-refractivity contribution is -0.122. The van der Waals surface area contributed by atoms with Crippen LogP contribution in [0.2, 0.25) is 16.6 Å². The van der Waals surface area contributed by atoms with Gasteiger partial charge in [-0.2, -0.15) is 0 Å². The number of methoxy groups -OCH3 is 2. The first-order chi connectivity index (χ1) is 16.5. The molecule has 2 aliphatic carbocycles. The molecule has 194 valence electrons. The fourth-order valence-electron chi connectivity index (χ4n) is 5.16. The first-order valence-corrected chi connectivity index (χ1v) is 14.5. The van der Waals surface area contributed by atoms with E-state index in [-0.39, 0.29) is 34.3 Å². The molecule has 0 aromatic rings. The van der Waals surface area contributed by atoms with Gasteiger partial charge in [0.2, 0.25) is 0 Å². The number of allylic oxidation sites excluding steroid dienone is 1. The number of nitrogens with zero attached hydrogens (tertiary/aromatic N) is 1. The van der Waals surface area contributed by atoms with Gasteiger partial charge in [-0.3, -0.25) is 9.59 Å². The molecule has 2 unspecified atom stereocenters. The van der Waals surface area contributed by atoms with Gasteiger partial charge in [-0.1, -0.05) is 53.7 Å². The van der Waals surface area contributed by atoms with Crippen molar-refractivity contribution in [3.05, 3.63) is 47.6 Å². The van der Waals surface area contributed by atoms with Crippen molar-refractivity contribution in [2.24, 2.45) is 0 Å². The maximum atomic E-state index is 13.7. The van der Waals surface area contributed by atoms with Gasteiger partial charge in [0, 0.05) is 27.3 Å². The van der Waals surface area contributed by atoms with Crippen molar-refractivity contribution in [2.75, 3.05) is 27.3 Å². The molecule has 7 nitrogen and oxygen atoms in total. The third-order valence-electron chi connectivity index (χ3n) is 7.00. The third-order valence-corrected chi connectivity index (χ3v) is 12.9. The zero-order chi connectivity index (χ0) is 26.3. The molecule has 0 saturated heterocycles. The Hall–Kier alpha value is -2.29. The van der Waals surface area contributed by atoms with Crippen LogP contribution in [0.1, 0.15) is 48.0 Å². The Labute approximate surface area is 211 Å². The monoisotopic (exact) mass is 503 g/mol. The number of rotatable bonds is 11. The summed E-state index contributed by atoms with van der Waals surface area (Å²) in [6, 6.07) is 0. The van der Waals surface area contributed by atoms with E-state index in [0.717, 1.165) is 11.1 Å². The highest BCUT2D eigenvalue weighted by Crippen LogP contribution is 2.42. The highest BCUT2D eigenvalue weighted by atomic mass is 28.4. The molecule has 0 saturated carbocycles. The van der Waals surface area contributed by atoms with E-state index in [4.69, 9.17) is 13.9 Å². The SMILES string of the molecule is COC1C=C(CCN(CC2=CC(OC)C(=O)C=C2)C(=O)O[Si](C(C)C)(C(C)C)C(C)C)C=CC1=O. The molecule has 0 spiro atoms. The lowest BCUT2D eigenvalue weighted by Gasteiger charge is -2.42. The Bertz CT molecular complexity index is 893. The Morgan fingerprint density at radius 1 is 0.829 bits per heavy atom. The Morgan fingerprint density at radius 2 is 1.29 bits per heavy atom. The predicted molar refractivity (Wildman–Crippen MR) is 140 cm³/mol. The van der Waals surface area contributed by atoms with Crippen LogP contribution in [0, 0.1) is 0 Å². The molecule has 0 aromatic carbocycles. The highest BCUT2D eigenvalue weighted by Gasteiger charge is 2.49. The van der Waals surface area contributed by atoms with Crippen LogP contribution in [0.25, 0.3) is 0 Å². The molecule has 2 aliphatic rings. The summed E-state index contributed by atoms with van der Waals surface area (Å²) in [5.41, 5.74) is 2.52. The zero-order valence-corrected chi connectivity index (χ0v) is 23.4. The quantitative estimate of drug-likeness (QED) is 0.363. The van der Waals surface area contributed by atoms with Crippen molar-refractivity contribution < 1.29 is 28.3 Å². The number of carbonyl (C=O) groups is 3. The summed E-state index contributed by atoms with van der Waals surface area (Å²) in [7, 11) is 0.548. The Balaban J connectivity index is 2.31. The van der Waals surface area contributed by atoms with Crippen LogP contribution in [0.4, 0.5) is 4.79 Å². The van der Waals surface area contributed by atoms with Gasteiger partial charge in [0.15, 0.2) is 11.6 Å². The molecule has 1 amide bonds. The molecule has 0 fully saturated rings. The second-order valence-electron chi connectivity index (χ2n) is 10.1. The van der Waals surface area contributed by atoms with Gasteiger partial charge in [-0.05, 0) is 58.5 Å². The van der Waals surface area contributed by atoms with E-state index in [9.17, 15) is 14.4 Å². The van der Waals surface area contributed by atoms with Gasteiger partial charge < -0.3 is 18.8 Å². The molecule has 0 N–H and O–H groups in total. The first-order valence-electron chi connectivity index (χ1n) is 12.3. The molecule has 0 aliphatic heterocycles. The summed E-state index contributed by atoms with van der Waals surface area (Å²) in [4.78, 5) is 39.3. The second kappa shape index (κ2) is 12.6. The van der Waals surface area contributed by atoms with Crippen LogP contribution in [-0.2, 0) is 23.5 Å². The van der Waals surface area contributed by atoms with Crippen molar-refractivity contribution in [3.8, 4) is 0 Å². The topological polar surface area (TPSA) is 82.1 Å². The molecule has 0 radical (unpaired) electrons. The maximum absolute atomic E-state index is 13.7. The fourth-order valence-corrected chi connectivity index (χ4v) is 10.3. The number of carbonyl (C=O) groups excluding carboxylic acids is 3. The smallest absolute Gasteiger partial charge is 0.396 e. The fraction of sp³-hybridized carbons (Fsp3) is 0.593. The number of amides is 1. The average molecular weight is 504 g/mol. The largest absolute Gasteiger partial charge is 0.503 e. The number of hydrogen-bond donors (Lipinski definition) is 0.